The Hall–Kier alpha value is -2.67. The maximum atomic E-state index is 12.7. The quantitative estimate of drug-likeness (QED) is 0.592. The van der Waals surface area contributed by atoms with Crippen molar-refractivity contribution in [3.8, 4) is 28.4 Å². The number of methoxy groups -OCH3 is 3. The molecule has 1 aliphatic carbocycles. The van der Waals surface area contributed by atoms with Crippen molar-refractivity contribution in [3.05, 3.63) is 45.6 Å². The zero-order valence-electron chi connectivity index (χ0n) is 16.3. The number of nitrogens with one attached hydrogen (secondary N) is 1. The van der Waals surface area contributed by atoms with Gasteiger partial charge in [0.05, 0.1) is 32.3 Å². The second-order valence-corrected chi connectivity index (χ2v) is 7.18. The maximum Gasteiger partial charge on any atom is 0.207 e. The van der Waals surface area contributed by atoms with E-state index >= 15 is 0 Å². The molecule has 0 saturated heterocycles. The Kier molecular flexibility index (Phi) is 6.14. The first-order valence-corrected chi connectivity index (χ1v) is 10.1. The molecule has 2 aromatic rings. The van der Waals surface area contributed by atoms with Crippen LogP contribution < -0.4 is 25.0 Å². The molecule has 3 rings (SSSR count). The first-order chi connectivity index (χ1) is 13.6. The summed E-state index contributed by atoms with van der Waals surface area (Å²) in [5, 5.41) is 2.86. The van der Waals surface area contributed by atoms with E-state index in [0.717, 1.165) is 22.3 Å². The third-order valence-corrected chi connectivity index (χ3v) is 5.77. The molecule has 1 aliphatic rings. The molecule has 2 aromatic carbocycles. The van der Waals surface area contributed by atoms with Crippen LogP contribution >= 0.6 is 11.8 Å². The first kappa shape index (κ1) is 20.1. The van der Waals surface area contributed by atoms with Crippen molar-refractivity contribution >= 4 is 18.2 Å². The fraction of sp³-hybridized carbons (Fsp3) is 0.333. The van der Waals surface area contributed by atoms with Crippen molar-refractivity contribution in [2.45, 2.75) is 23.8 Å². The molecule has 0 heterocycles. The van der Waals surface area contributed by atoms with Crippen LogP contribution in [0.1, 0.15) is 23.6 Å². The van der Waals surface area contributed by atoms with Crippen molar-refractivity contribution in [1.29, 1.82) is 0 Å². The number of aryl methyl sites for hydroxylation is 1. The highest BCUT2D eigenvalue weighted by molar-refractivity contribution is 7.98. The minimum absolute atomic E-state index is 0.0747. The van der Waals surface area contributed by atoms with Gasteiger partial charge in [0.25, 0.3) is 0 Å². The molecule has 148 valence electrons. The second kappa shape index (κ2) is 8.56. The highest BCUT2D eigenvalue weighted by atomic mass is 32.2. The standard InChI is InChI=1S/C21H23NO5S/c1-25-17-9-12-5-7-15(22-11-23)14-10-16(24)18(28-4)8-6-13(14)19(12)21(27-3)20(17)26-2/h6,8-11,15H,5,7H2,1-4H3,(H,22,23)/t15-/m1/s1. The summed E-state index contributed by atoms with van der Waals surface area (Å²) in [7, 11) is 4.73. The Balaban J connectivity index is 2.43. The molecule has 0 saturated carbocycles. The van der Waals surface area contributed by atoms with E-state index in [-0.39, 0.29) is 11.5 Å². The number of hydrogen-bond donors (Lipinski definition) is 1. The van der Waals surface area contributed by atoms with Gasteiger partial charge in [0.1, 0.15) is 0 Å². The number of thioether (sulfide) groups is 1. The minimum atomic E-state index is -0.281. The van der Waals surface area contributed by atoms with Gasteiger partial charge < -0.3 is 19.5 Å². The normalized spacial score (nSPS) is 14.9. The number of fused-ring (bicyclic) bond motifs is 3. The van der Waals surface area contributed by atoms with Crippen LogP contribution in [0.25, 0.3) is 11.1 Å². The number of hydrogen-bond acceptors (Lipinski definition) is 6. The van der Waals surface area contributed by atoms with Crippen LogP contribution in [0.3, 0.4) is 0 Å². The highest BCUT2D eigenvalue weighted by Crippen LogP contribution is 2.50. The lowest BCUT2D eigenvalue weighted by Crippen LogP contribution is -2.20. The number of carbonyl (C=O) groups is 1. The molecule has 0 bridgehead atoms. The van der Waals surface area contributed by atoms with E-state index in [2.05, 4.69) is 5.32 Å². The SMILES string of the molecule is COc1cc2c(c(OC)c1OC)-c1ccc(SC)c(=O)cc1[C@H](NC=O)CC2. The molecule has 7 heteroatoms. The third kappa shape index (κ3) is 3.42. The van der Waals surface area contributed by atoms with Gasteiger partial charge in [-0.1, -0.05) is 6.07 Å². The number of ether oxygens (including phenoxy) is 3. The number of carbonyl (C=O) groups excluding carboxylic acids is 1. The van der Waals surface area contributed by atoms with E-state index in [1.54, 1.807) is 27.4 Å². The molecule has 0 radical (unpaired) electrons. The average molecular weight is 401 g/mol. The van der Waals surface area contributed by atoms with Gasteiger partial charge in [-0.25, -0.2) is 0 Å². The zero-order chi connectivity index (χ0) is 20.3. The van der Waals surface area contributed by atoms with Gasteiger partial charge >= 0.3 is 0 Å². The molecule has 0 fully saturated rings. The van der Waals surface area contributed by atoms with E-state index < -0.39 is 0 Å². The maximum absolute atomic E-state index is 12.7. The number of benzene rings is 1. The summed E-state index contributed by atoms with van der Waals surface area (Å²) in [4.78, 5) is 24.5. The number of rotatable bonds is 6. The summed E-state index contributed by atoms with van der Waals surface area (Å²) >= 11 is 1.39. The van der Waals surface area contributed by atoms with Crippen LogP contribution in [-0.2, 0) is 11.2 Å². The molecule has 6 nitrogen and oxygen atoms in total. The van der Waals surface area contributed by atoms with E-state index in [1.165, 1.54) is 11.8 Å². The predicted molar refractivity (Wildman–Crippen MR) is 110 cm³/mol. The van der Waals surface area contributed by atoms with E-state index in [1.807, 2.05) is 24.5 Å². The lowest BCUT2D eigenvalue weighted by molar-refractivity contribution is -0.110. The average Bonchev–Trinajstić information content (AvgIpc) is 2.95. The lowest BCUT2D eigenvalue weighted by Gasteiger charge is -2.19. The summed E-state index contributed by atoms with van der Waals surface area (Å²) in [5.41, 5.74) is 3.39. The van der Waals surface area contributed by atoms with Crippen molar-refractivity contribution in [3.63, 3.8) is 0 Å². The van der Waals surface area contributed by atoms with Gasteiger partial charge in [-0.15, -0.1) is 11.8 Å². The van der Waals surface area contributed by atoms with Crippen LogP contribution in [-0.4, -0.2) is 34.0 Å². The van der Waals surface area contributed by atoms with Crippen LogP contribution in [0.4, 0.5) is 0 Å². The van der Waals surface area contributed by atoms with E-state index in [0.29, 0.717) is 41.4 Å². The van der Waals surface area contributed by atoms with Crippen LogP contribution in [0, 0.1) is 0 Å². The van der Waals surface area contributed by atoms with Crippen LogP contribution in [0.5, 0.6) is 17.2 Å². The minimum Gasteiger partial charge on any atom is -0.493 e. The summed E-state index contributed by atoms with van der Waals surface area (Å²) in [5.74, 6) is 1.63. The van der Waals surface area contributed by atoms with Crippen molar-refractivity contribution < 1.29 is 19.0 Å². The molecule has 0 aromatic heterocycles. The van der Waals surface area contributed by atoms with E-state index in [4.69, 9.17) is 14.2 Å². The van der Waals surface area contributed by atoms with E-state index in [9.17, 15) is 9.59 Å². The van der Waals surface area contributed by atoms with Gasteiger partial charge in [0.2, 0.25) is 12.2 Å². The molecular weight excluding hydrogens is 378 g/mol. The van der Waals surface area contributed by atoms with Crippen molar-refractivity contribution in [1.82, 2.24) is 5.32 Å². The Morgan fingerprint density at radius 1 is 1.11 bits per heavy atom. The Morgan fingerprint density at radius 3 is 2.46 bits per heavy atom. The molecule has 1 N–H and O–H groups in total. The summed E-state index contributed by atoms with van der Waals surface area (Å²) in [6, 6.07) is 7.00. The smallest absolute Gasteiger partial charge is 0.207 e. The molecule has 1 amide bonds. The fourth-order valence-corrected chi connectivity index (χ4v) is 4.19. The Bertz CT molecular complexity index is 960. The highest BCUT2D eigenvalue weighted by Gasteiger charge is 2.28. The monoisotopic (exact) mass is 401 g/mol. The van der Waals surface area contributed by atoms with Crippen LogP contribution in [0.2, 0.25) is 0 Å². The zero-order valence-corrected chi connectivity index (χ0v) is 17.1. The molecular formula is C21H23NO5S. The largest absolute Gasteiger partial charge is 0.493 e. The van der Waals surface area contributed by atoms with Crippen LogP contribution in [0.15, 0.2) is 34.0 Å². The second-order valence-electron chi connectivity index (χ2n) is 6.33. The summed E-state index contributed by atoms with van der Waals surface area (Å²) < 4.78 is 16.8. The summed E-state index contributed by atoms with van der Waals surface area (Å²) in [6.07, 6.45) is 3.87. The third-order valence-electron chi connectivity index (χ3n) is 4.99. The molecule has 0 spiro atoms. The van der Waals surface area contributed by atoms with Gasteiger partial charge in [-0.2, -0.15) is 0 Å². The molecule has 28 heavy (non-hydrogen) atoms. The number of amides is 1. The summed E-state index contributed by atoms with van der Waals surface area (Å²) in [6.45, 7) is 0. The molecule has 1 atom stereocenters. The van der Waals surface area contributed by atoms with Gasteiger partial charge in [-0.3, -0.25) is 9.59 Å². The van der Waals surface area contributed by atoms with Crippen molar-refractivity contribution in [2.24, 2.45) is 0 Å². The fourth-order valence-electron chi connectivity index (χ4n) is 3.72. The Morgan fingerprint density at radius 2 is 1.86 bits per heavy atom. The predicted octanol–water partition coefficient (Wildman–Crippen LogP) is 3.19. The van der Waals surface area contributed by atoms with Crippen molar-refractivity contribution in [2.75, 3.05) is 27.6 Å². The first-order valence-electron chi connectivity index (χ1n) is 8.83. The van der Waals surface area contributed by atoms with Gasteiger partial charge in [-0.05, 0) is 54.0 Å². The Labute approximate surface area is 168 Å². The lowest BCUT2D eigenvalue weighted by atomic mass is 9.95. The van der Waals surface area contributed by atoms with Gasteiger partial charge in [0, 0.05) is 5.56 Å². The van der Waals surface area contributed by atoms with Gasteiger partial charge in [0.15, 0.2) is 16.9 Å². The topological polar surface area (TPSA) is 73.9 Å². The molecule has 0 unspecified atom stereocenters. The molecule has 0 aliphatic heterocycles.